The first-order chi connectivity index (χ1) is 12.9. The zero-order valence-electron chi connectivity index (χ0n) is 15.8. The van der Waals surface area contributed by atoms with E-state index in [1.54, 1.807) is 32.0 Å². The minimum atomic E-state index is -1.57. The molecule has 0 aliphatic carbocycles. The predicted molar refractivity (Wildman–Crippen MR) is 97.9 cm³/mol. The molecule has 1 amide bonds. The van der Waals surface area contributed by atoms with Gasteiger partial charge in [0.2, 0.25) is 11.9 Å². The van der Waals surface area contributed by atoms with Crippen LogP contribution in [0.5, 0.6) is 11.5 Å². The van der Waals surface area contributed by atoms with Crippen molar-refractivity contribution in [3.63, 3.8) is 0 Å². The highest BCUT2D eigenvalue weighted by Crippen LogP contribution is 2.26. The van der Waals surface area contributed by atoms with E-state index < -0.39 is 29.8 Å². The number of carbonyl (C=O) groups excluding carboxylic acids is 3. The van der Waals surface area contributed by atoms with Gasteiger partial charge in [0.05, 0.1) is 34.0 Å². The Morgan fingerprint density at radius 3 is 2.07 bits per heavy atom. The van der Waals surface area contributed by atoms with Crippen LogP contribution in [0.2, 0.25) is 0 Å². The van der Waals surface area contributed by atoms with E-state index in [2.05, 4.69) is 0 Å². The lowest BCUT2D eigenvalue weighted by Crippen LogP contribution is -2.51. The maximum Gasteiger partial charge on any atom is 0.340 e. The zero-order chi connectivity index (χ0) is 20.4. The predicted octanol–water partition coefficient (Wildman–Crippen LogP) is 1.77. The molecule has 0 N–H and O–H groups in total. The van der Waals surface area contributed by atoms with E-state index in [1.807, 2.05) is 0 Å². The van der Waals surface area contributed by atoms with E-state index in [1.165, 1.54) is 14.2 Å². The molecule has 1 aromatic rings. The lowest BCUT2D eigenvalue weighted by molar-refractivity contribution is -0.167. The number of nitrogens with zero attached hydrogens (tertiary/aromatic N) is 1. The molecule has 9 heteroatoms. The number of ether oxygens (including phenoxy) is 4. The fourth-order valence-electron chi connectivity index (χ4n) is 2.36. The number of alkyl halides is 1. The Labute approximate surface area is 163 Å². The van der Waals surface area contributed by atoms with Crippen molar-refractivity contribution in [1.82, 2.24) is 4.90 Å². The van der Waals surface area contributed by atoms with Gasteiger partial charge in [-0.25, -0.2) is 9.59 Å². The van der Waals surface area contributed by atoms with Gasteiger partial charge in [-0.1, -0.05) is 0 Å². The molecule has 0 aliphatic rings. The normalized spacial score (nSPS) is 10.3. The first-order valence-electron chi connectivity index (χ1n) is 8.32. The summed E-state index contributed by atoms with van der Waals surface area (Å²) in [5, 5.41) is 0. The Kier molecular flexibility index (Phi) is 9.42. The van der Waals surface area contributed by atoms with E-state index in [4.69, 9.17) is 30.5 Å². The summed E-state index contributed by atoms with van der Waals surface area (Å²) < 4.78 is 20.4. The standard InChI is InChI=1S/C18H24ClNO7/c1-5-26-17(22)16(18(23)27-6-2)20(15(21)10-19)11-12-7-8-13(24-3)9-14(12)25-4/h7-9,16H,5-6,10-11H2,1-4H3. The van der Waals surface area contributed by atoms with Gasteiger partial charge < -0.3 is 23.8 Å². The molecular weight excluding hydrogens is 378 g/mol. The van der Waals surface area contributed by atoms with Crippen LogP contribution in [-0.4, -0.2) is 62.1 Å². The smallest absolute Gasteiger partial charge is 0.340 e. The summed E-state index contributed by atoms with van der Waals surface area (Å²) in [6.07, 6.45) is 0. The highest BCUT2D eigenvalue weighted by Gasteiger charge is 2.38. The van der Waals surface area contributed by atoms with E-state index in [0.29, 0.717) is 17.1 Å². The monoisotopic (exact) mass is 401 g/mol. The second-order valence-corrected chi connectivity index (χ2v) is 5.51. The van der Waals surface area contributed by atoms with Crippen LogP contribution in [0.4, 0.5) is 0 Å². The molecule has 1 aromatic carbocycles. The lowest BCUT2D eigenvalue weighted by atomic mass is 10.1. The Bertz CT molecular complexity index is 647. The van der Waals surface area contributed by atoms with Crippen molar-refractivity contribution in [2.45, 2.75) is 26.4 Å². The third kappa shape index (κ3) is 6.02. The molecule has 0 saturated heterocycles. The van der Waals surface area contributed by atoms with E-state index in [-0.39, 0.29) is 19.8 Å². The SMILES string of the molecule is CCOC(=O)C(C(=O)OCC)N(Cc1ccc(OC)cc1OC)C(=O)CCl. The van der Waals surface area contributed by atoms with Crippen LogP contribution < -0.4 is 9.47 Å². The van der Waals surface area contributed by atoms with Crippen LogP contribution in [0, 0.1) is 0 Å². The molecule has 0 atom stereocenters. The number of esters is 2. The van der Waals surface area contributed by atoms with Gasteiger partial charge in [0.25, 0.3) is 0 Å². The van der Waals surface area contributed by atoms with Crippen LogP contribution in [0.3, 0.4) is 0 Å². The average Bonchev–Trinajstić information content (AvgIpc) is 2.67. The Hall–Kier alpha value is -2.48. The molecule has 150 valence electrons. The third-order valence-electron chi connectivity index (χ3n) is 3.60. The van der Waals surface area contributed by atoms with Crippen molar-refractivity contribution in [2.75, 3.05) is 33.3 Å². The summed E-state index contributed by atoms with van der Waals surface area (Å²) in [5.41, 5.74) is 0.551. The molecule has 0 saturated carbocycles. The van der Waals surface area contributed by atoms with Crippen molar-refractivity contribution in [2.24, 2.45) is 0 Å². The number of benzene rings is 1. The van der Waals surface area contributed by atoms with Gasteiger partial charge in [-0.15, -0.1) is 11.6 Å². The molecule has 8 nitrogen and oxygen atoms in total. The van der Waals surface area contributed by atoms with Crippen molar-refractivity contribution < 1.29 is 33.3 Å². The molecule has 1 rings (SSSR count). The number of methoxy groups -OCH3 is 2. The fourth-order valence-corrected chi connectivity index (χ4v) is 2.51. The summed E-state index contributed by atoms with van der Waals surface area (Å²) in [7, 11) is 2.97. The number of hydrogen-bond acceptors (Lipinski definition) is 7. The maximum atomic E-state index is 12.4. The molecule has 0 fully saturated rings. The van der Waals surface area contributed by atoms with Crippen molar-refractivity contribution in [3.05, 3.63) is 23.8 Å². The molecule has 0 spiro atoms. The van der Waals surface area contributed by atoms with Crippen molar-refractivity contribution in [1.29, 1.82) is 0 Å². The molecule has 0 radical (unpaired) electrons. The van der Waals surface area contributed by atoms with Crippen LogP contribution in [0.25, 0.3) is 0 Å². The minimum absolute atomic E-state index is 0.0451. The Balaban J connectivity index is 3.31. The van der Waals surface area contributed by atoms with Gasteiger partial charge in [-0.2, -0.15) is 0 Å². The van der Waals surface area contributed by atoms with Crippen LogP contribution in [0.15, 0.2) is 18.2 Å². The van der Waals surface area contributed by atoms with E-state index >= 15 is 0 Å². The zero-order valence-corrected chi connectivity index (χ0v) is 16.6. The number of rotatable bonds is 10. The topological polar surface area (TPSA) is 91.4 Å². The molecule has 0 aromatic heterocycles. The van der Waals surface area contributed by atoms with Crippen LogP contribution >= 0.6 is 11.6 Å². The Morgan fingerprint density at radius 2 is 1.63 bits per heavy atom. The maximum absolute atomic E-state index is 12.4. The summed E-state index contributed by atoms with van der Waals surface area (Å²) in [5.74, 6) is -1.84. The van der Waals surface area contributed by atoms with Gasteiger partial charge in [0.15, 0.2) is 0 Å². The Morgan fingerprint density at radius 1 is 1.04 bits per heavy atom. The summed E-state index contributed by atoms with van der Waals surface area (Å²) in [4.78, 5) is 38.1. The molecule has 0 unspecified atom stereocenters. The van der Waals surface area contributed by atoms with Crippen LogP contribution in [0.1, 0.15) is 19.4 Å². The largest absolute Gasteiger partial charge is 0.497 e. The summed E-state index contributed by atoms with van der Waals surface area (Å²) in [6.45, 7) is 3.18. The van der Waals surface area contributed by atoms with Crippen molar-refractivity contribution >= 4 is 29.4 Å². The number of amides is 1. The molecule has 0 aliphatic heterocycles. The highest BCUT2D eigenvalue weighted by molar-refractivity contribution is 6.27. The quantitative estimate of drug-likeness (QED) is 0.335. The third-order valence-corrected chi connectivity index (χ3v) is 3.83. The number of hydrogen-bond donors (Lipinski definition) is 0. The first kappa shape index (κ1) is 22.6. The van der Waals surface area contributed by atoms with Gasteiger partial charge in [-0.05, 0) is 26.0 Å². The van der Waals surface area contributed by atoms with Gasteiger partial charge >= 0.3 is 11.9 Å². The molecule has 0 bridgehead atoms. The lowest BCUT2D eigenvalue weighted by Gasteiger charge is -2.28. The molecule has 0 heterocycles. The fraction of sp³-hybridized carbons (Fsp3) is 0.500. The highest BCUT2D eigenvalue weighted by atomic mass is 35.5. The summed E-state index contributed by atoms with van der Waals surface area (Å²) >= 11 is 5.70. The molecular formula is C18H24ClNO7. The van der Waals surface area contributed by atoms with Crippen molar-refractivity contribution in [3.8, 4) is 11.5 Å². The summed E-state index contributed by atoms with van der Waals surface area (Å²) in [6, 6.07) is 3.40. The number of carbonyl (C=O) groups is 3. The second-order valence-electron chi connectivity index (χ2n) is 5.24. The van der Waals surface area contributed by atoms with Gasteiger partial charge in [-0.3, -0.25) is 4.79 Å². The van der Waals surface area contributed by atoms with Gasteiger partial charge in [0, 0.05) is 11.6 Å². The minimum Gasteiger partial charge on any atom is -0.497 e. The average molecular weight is 402 g/mol. The second kappa shape index (κ2) is 11.3. The van der Waals surface area contributed by atoms with Crippen LogP contribution in [-0.2, 0) is 30.4 Å². The van der Waals surface area contributed by atoms with E-state index in [9.17, 15) is 14.4 Å². The molecule has 27 heavy (non-hydrogen) atoms. The van der Waals surface area contributed by atoms with Gasteiger partial charge in [0.1, 0.15) is 17.4 Å². The number of halogens is 1. The van der Waals surface area contributed by atoms with E-state index in [0.717, 1.165) is 4.90 Å². The first-order valence-corrected chi connectivity index (χ1v) is 8.86.